The van der Waals surface area contributed by atoms with Crippen LogP contribution in [0.5, 0.6) is 0 Å². The normalized spacial score (nSPS) is 8.80. The second kappa shape index (κ2) is 8.00. The molecule has 0 aliphatic rings. The van der Waals surface area contributed by atoms with Crippen molar-refractivity contribution < 1.29 is 9.53 Å². The maximum absolute atomic E-state index is 9.18. The zero-order valence-electron chi connectivity index (χ0n) is 9.62. The molecule has 1 rings (SSSR count). The molecule has 0 aliphatic carbocycles. The van der Waals surface area contributed by atoms with Crippen LogP contribution >= 0.6 is 0 Å². The third kappa shape index (κ3) is 5.86. The van der Waals surface area contributed by atoms with Crippen LogP contribution in [0.1, 0.15) is 23.6 Å². The predicted molar refractivity (Wildman–Crippen MR) is 61.5 cm³/mol. The Morgan fingerprint density at radius 2 is 2.00 bits per heavy atom. The predicted octanol–water partition coefficient (Wildman–Crippen LogP) is 1.94. The number of hydrogen-bond donors (Lipinski definition) is 1. The Morgan fingerprint density at radius 1 is 1.33 bits per heavy atom. The topological polar surface area (TPSA) is 52.3 Å². The van der Waals surface area contributed by atoms with Gasteiger partial charge in [-0.1, -0.05) is 18.2 Å². The van der Waals surface area contributed by atoms with Crippen LogP contribution in [0.3, 0.4) is 0 Å². The van der Waals surface area contributed by atoms with Crippen LogP contribution in [-0.2, 0) is 16.1 Å². The zero-order chi connectivity index (χ0) is 11.7. The molecule has 0 saturated carbocycles. The van der Waals surface area contributed by atoms with Gasteiger partial charge in [0.2, 0.25) is 0 Å². The molecule has 1 aromatic rings. The second-order valence-corrected chi connectivity index (χ2v) is 3.17. The van der Waals surface area contributed by atoms with Gasteiger partial charge in [0, 0.05) is 6.54 Å². The molecule has 0 saturated heterocycles. The van der Waals surface area contributed by atoms with Crippen molar-refractivity contribution in [3.05, 3.63) is 34.9 Å². The van der Waals surface area contributed by atoms with Crippen LogP contribution in [0.2, 0.25) is 0 Å². The van der Waals surface area contributed by atoms with Crippen molar-refractivity contribution in [1.82, 2.24) is 0 Å². The van der Waals surface area contributed by atoms with E-state index in [9.17, 15) is 4.79 Å². The average molecular weight is 209 g/mol. The van der Waals surface area contributed by atoms with Gasteiger partial charge in [0.15, 0.2) is 0 Å². The van der Waals surface area contributed by atoms with Gasteiger partial charge < -0.3 is 10.5 Å². The molecule has 0 amide bonds. The molecule has 15 heavy (non-hydrogen) atoms. The Morgan fingerprint density at radius 3 is 2.33 bits per heavy atom. The summed E-state index contributed by atoms with van der Waals surface area (Å²) in [6.07, 6.45) is 0. The summed E-state index contributed by atoms with van der Waals surface area (Å²) in [4.78, 5) is 9.18. The molecule has 2 N–H and O–H groups in total. The van der Waals surface area contributed by atoms with Crippen molar-refractivity contribution in [3.8, 4) is 0 Å². The highest BCUT2D eigenvalue weighted by atomic mass is 16.5. The SMILES string of the molecule is CCOC=O.Cc1ccc(CN)cc1C. The molecule has 0 radical (unpaired) electrons. The highest BCUT2D eigenvalue weighted by Gasteiger charge is 1.92. The van der Waals surface area contributed by atoms with Gasteiger partial charge in [0.25, 0.3) is 6.47 Å². The molecule has 3 heteroatoms. The number of rotatable bonds is 3. The van der Waals surface area contributed by atoms with E-state index >= 15 is 0 Å². The van der Waals surface area contributed by atoms with Gasteiger partial charge in [0.05, 0.1) is 6.61 Å². The smallest absolute Gasteiger partial charge is 0.293 e. The van der Waals surface area contributed by atoms with Crippen molar-refractivity contribution in [2.75, 3.05) is 6.61 Å². The number of hydrogen-bond acceptors (Lipinski definition) is 3. The summed E-state index contributed by atoms with van der Waals surface area (Å²) in [5, 5.41) is 0. The van der Waals surface area contributed by atoms with E-state index in [-0.39, 0.29) is 0 Å². The fourth-order valence-corrected chi connectivity index (χ4v) is 0.999. The maximum atomic E-state index is 9.18. The van der Waals surface area contributed by atoms with E-state index in [1.807, 2.05) is 0 Å². The van der Waals surface area contributed by atoms with E-state index in [2.05, 4.69) is 36.8 Å². The van der Waals surface area contributed by atoms with Crippen LogP contribution in [-0.4, -0.2) is 13.1 Å². The molecule has 0 aromatic heterocycles. The second-order valence-electron chi connectivity index (χ2n) is 3.17. The summed E-state index contributed by atoms with van der Waals surface area (Å²) in [7, 11) is 0. The van der Waals surface area contributed by atoms with Crippen molar-refractivity contribution in [1.29, 1.82) is 0 Å². The fraction of sp³-hybridized carbons (Fsp3) is 0.417. The Hall–Kier alpha value is -1.35. The maximum Gasteiger partial charge on any atom is 0.293 e. The summed E-state index contributed by atoms with van der Waals surface area (Å²) < 4.78 is 4.15. The van der Waals surface area contributed by atoms with E-state index in [0.717, 1.165) is 0 Å². The van der Waals surface area contributed by atoms with E-state index in [1.54, 1.807) is 6.92 Å². The highest BCUT2D eigenvalue weighted by Crippen LogP contribution is 2.08. The number of benzene rings is 1. The first-order chi connectivity index (χ1) is 7.15. The van der Waals surface area contributed by atoms with Gasteiger partial charge >= 0.3 is 0 Å². The monoisotopic (exact) mass is 209 g/mol. The minimum atomic E-state index is 0.431. The minimum absolute atomic E-state index is 0.431. The summed E-state index contributed by atoms with van der Waals surface area (Å²) >= 11 is 0. The molecule has 3 nitrogen and oxygen atoms in total. The molecule has 0 atom stereocenters. The van der Waals surface area contributed by atoms with Gasteiger partial charge in [-0.15, -0.1) is 0 Å². The van der Waals surface area contributed by atoms with E-state index in [1.165, 1.54) is 16.7 Å². The quantitative estimate of drug-likeness (QED) is 0.774. The lowest BCUT2D eigenvalue weighted by atomic mass is 10.1. The lowest BCUT2D eigenvalue weighted by molar-refractivity contribution is -0.128. The van der Waals surface area contributed by atoms with E-state index in [4.69, 9.17) is 5.73 Å². The van der Waals surface area contributed by atoms with Crippen LogP contribution in [0.4, 0.5) is 0 Å². The standard InChI is InChI=1S/C9H13N.C3H6O2/c1-7-3-4-9(6-10)5-8(7)2;1-2-5-3-4/h3-5H,6,10H2,1-2H3;3H,2H2,1H3. The van der Waals surface area contributed by atoms with Crippen molar-refractivity contribution in [2.24, 2.45) is 5.73 Å². The summed E-state index contributed by atoms with van der Waals surface area (Å²) in [6, 6.07) is 6.31. The Kier molecular flexibility index (Phi) is 7.28. The van der Waals surface area contributed by atoms with Gasteiger partial charge in [-0.2, -0.15) is 0 Å². The Bertz CT molecular complexity index is 298. The number of carbonyl (C=O) groups excluding carboxylic acids is 1. The fourth-order valence-electron chi connectivity index (χ4n) is 0.999. The number of ether oxygens (including phenoxy) is 1. The number of carbonyl (C=O) groups is 1. The van der Waals surface area contributed by atoms with Crippen LogP contribution in [0, 0.1) is 13.8 Å². The Labute approximate surface area is 91.2 Å². The lowest BCUT2D eigenvalue weighted by Crippen LogP contribution is -1.96. The van der Waals surface area contributed by atoms with Crippen molar-refractivity contribution in [2.45, 2.75) is 27.3 Å². The van der Waals surface area contributed by atoms with Gasteiger partial charge in [-0.05, 0) is 37.5 Å². The van der Waals surface area contributed by atoms with Crippen molar-refractivity contribution in [3.63, 3.8) is 0 Å². The van der Waals surface area contributed by atoms with Crippen LogP contribution < -0.4 is 5.73 Å². The average Bonchev–Trinajstić information content (AvgIpc) is 2.24. The molecule has 1 aromatic carbocycles. The first kappa shape index (κ1) is 13.7. The van der Waals surface area contributed by atoms with Gasteiger partial charge in [-0.3, -0.25) is 4.79 Å². The molecule has 0 aliphatic heterocycles. The molecular formula is C12H19NO2. The first-order valence-corrected chi connectivity index (χ1v) is 4.97. The largest absolute Gasteiger partial charge is 0.468 e. The highest BCUT2D eigenvalue weighted by molar-refractivity contribution is 5.36. The summed E-state index contributed by atoms with van der Waals surface area (Å²) in [5.74, 6) is 0. The molecule has 0 unspecified atom stereocenters. The Balaban J connectivity index is 0.000000336. The number of aryl methyl sites for hydroxylation is 2. The summed E-state index contributed by atoms with van der Waals surface area (Å²) in [5.41, 5.74) is 9.33. The summed E-state index contributed by atoms with van der Waals surface area (Å²) in [6.45, 7) is 7.52. The molecule has 0 heterocycles. The zero-order valence-corrected chi connectivity index (χ0v) is 9.62. The van der Waals surface area contributed by atoms with Gasteiger partial charge in [-0.25, -0.2) is 0 Å². The lowest BCUT2D eigenvalue weighted by Gasteiger charge is -2.01. The minimum Gasteiger partial charge on any atom is -0.468 e. The van der Waals surface area contributed by atoms with E-state index < -0.39 is 0 Å². The molecule has 84 valence electrons. The molecule has 0 bridgehead atoms. The first-order valence-electron chi connectivity index (χ1n) is 4.97. The van der Waals surface area contributed by atoms with Crippen molar-refractivity contribution >= 4 is 6.47 Å². The van der Waals surface area contributed by atoms with E-state index in [0.29, 0.717) is 19.6 Å². The van der Waals surface area contributed by atoms with Crippen LogP contribution in [0.15, 0.2) is 18.2 Å². The van der Waals surface area contributed by atoms with Crippen LogP contribution in [0.25, 0.3) is 0 Å². The number of nitrogens with two attached hydrogens (primary N) is 1. The molecule has 0 spiro atoms. The third-order valence-corrected chi connectivity index (χ3v) is 2.04. The third-order valence-electron chi connectivity index (χ3n) is 2.04. The molecule has 0 fully saturated rings. The molecular weight excluding hydrogens is 190 g/mol. The van der Waals surface area contributed by atoms with Gasteiger partial charge in [0.1, 0.15) is 0 Å².